The molecule has 166 valence electrons. The Labute approximate surface area is 183 Å². The van der Waals surface area contributed by atoms with Crippen LogP contribution in [0.15, 0.2) is 35.0 Å². The number of rotatable bonds is 7. The highest BCUT2D eigenvalue weighted by Gasteiger charge is 2.23. The minimum absolute atomic E-state index is 0.325. The maximum absolute atomic E-state index is 6.14. The third-order valence-corrected chi connectivity index (χ3v) is 6.64. The number of likely N-dealkylation sites (tertiary alicyclic amines) is 1. The summed E-state index contributed by atoms with van der Waals surface area (Å²) < 4.78 is 19.2. The number of aryl methyl sites for hydroxylation is 1. The van der Waals surface area contributed by atoms with Gasteiger partial charge in [-0.2, -0.15) is 4.98 Å². The molecule has 0 N–H and O–H groups in total. The second-order valence-electron chi connectivity index (χ2n) is 8.81. The molecule has 0 unspecified atom stereocenters. The summed E-state index contributed by atoms with van der Waals surface area (Å²) in [5, 5.41) is 5.51. The van der Waals surface area contributed by atoms with E-state index in [1.807, 2.05) is 0 Å². The fourth-order valence-electron chi connectivity index (χ4n) is 4.82. The lowest BCUT2D eigenvalue weighted by Crippen LogP contribution is -2.36. The molecule has 0 spiro atoms. The van der Waals surface area contributed by atoms with Gasteiger partial charge in [-0.05, 0) is 37.3 Å². The molecule has 2 saturated heterocycles. The molecule has 0 radical (unpaired) electrons. The fourth-order valence-corrected chi connectivity index (χ4v) is 4.82. The van der Waals surface area contributed by atoms with Gasteiger partial charge in [0, 0.05) is 69.3 Å². The molecule has 0 amide bonds. The van der Waals surface area contributed by atoms with Gasteiger partial charge in [0.1, 0.15) is 0 Å². The Morgan fingerprint density at radius 2 is 1.90 bits per heavy atom. The van der Waals surface area contributed by atoms with E-state index in [4.69, 9.17) is 14.0 Å². The summed E-state index contributed by atoms with van der Waals surface area (Å²) in [7, 11) is 2.13. The van der Waals surface area contributed by atoms with Crippen molar-refractivity contribution in [3.05, 3.63) is 47.7 Å². The topological polar surface area (TPSA) is 65.5 Å². The molecule has 0 atom stereocenters. The molecule has 4 heterocycles. The lowest BCUT2D eigenvalue weighted by atomic mass is 10.0. The Kier molecular flexibility index (Phi) is 6.34. The van der Waals surface area contributed by atoms with Crippen LogP contribution in [-0.4, -0.2) is 58.6 Å². The van der Waals surface area contributed by atoms with Crippen molar-refractivity contribution in [2.24, 2.45) is 7.05 Å². The standard InChI is InChI=1S/C24H32N4O3/c1-27-16-19(21-4-2-3-5-22(21)27)17-28-11-6-20(7-12-28)30-15-10-23-25-24(31-26-23)18-8-13-29-14-9-18/h2-5,16,18,20H,6-15,17H2,1H3. The van der Waals surface area contributed by atoms with Crippen molar-refractivity contribution in [1.82, 2.24) is 19.6 Å². The molecule has 5 rings (SSSR count). The summed E-state index contributed by atoms with van der Waals surface area (Å²) in [5.41, 5.74) is 2.71. The van der Waals surface area contributed by atoms with Crippen LogP contribution in [0.2, 0.25) is 0 Å². The molecule has 0 saturated carbocycles. The predicted molar refractivity (Wildman–Crippen MR) is 118 cm³/mol. The van der Waals surface area contributed by atoms with Crippen molar-refractivity contribution in [3.63, 3.8) is 0 Å². The summed E-state index contributed by atoms with van der Waals surface area (Å²) in [6.45, 7) is 5.37. The summed E-state index contributed by atoms with van der Waals surface area (Å²) in [6.07, 6.45) is 7.39. The zero-order valence-electron chi connectivity index (χ0n) is 18.3. The van der Waals surface area contributed by atoms with Crippen LogP contribution < -0.4 is 0 Å². The Hall–Kier alpha value is -2.22. The highest BCUT2D eigenvalue weighted by atomic mass is 16.5. The van der Waals surface area contributed by atoms with Crippen LogP contribution in [0.3, 0.4) is 0 Å². The van der Waals surface area contributed by atoms with Crippen molar-refractivity contribution in [2.75, 3.05) is 32.9 Å². The van der Waals surface area contributed by atoms with Gasteiger partial charge in [0.15, 0.2) is 5.82 Å². The van der Waals surface area contributed by atoms with Gasteiger partial charge in [0.25, 0.3) is 0 Å². The summed E-state index contributed by atoms with van der Waals surface area (Å²) in [4.78, 5) is 7.12. The Bertz CT molecular complexity index is 984. The quantitative estimate of drug-likeness (QED) is 0.577. The molecule has 2 aliphatic rings. The van der Waals surface area contributed by atoms with Gasteiger partial charge in [0.2, 0.25) is 5.89 Å². The maximum atomic E-state index is 6.14. The molecule has 2 fully saturated rings. The number of piperidine rings is 1. The van der Waals surface area contributed by atoms with Crippen LogP contribution in [0.1, 0.15) is 48.9 Å². The van der Waals surface area contributed by atoms with Gasteiger partial charge < -0.3 is 18.6 Å². The molecule has 2 aliphatic heterocycles. The zero-order valence-corrected chi connectivity index (χ0v) is 18.3. The molecule has 1 aromatic carbocycles. The largest absolute Gasteiger partial charge is 0.381 e. The van der Waals surface area contributed by atoms with Crippen molar-refractivity contribution in [2.45, 2.75) is 50.7 Å². The number of fused-ring (bicyclic) bond motifs is 1. The van der Waals surface area contributed by atoms with E-state index >= 15 is 0 Å². The van der Waals surface area contributed by atoms with Gasteiger partial charge in [0.05, 0.1) is 12.7 Å². The summed E-state index contributed by atoms with van der Waals surface area (Å²) in [6, 6.07) is 8.65. The molecule has 31 heavy (non-hydrogen) atoms. The Morgan fingerprint density at radius 1 is 1.10 bits per heavy atom. The monoisotopic (exact) mass is 424 g/mol. The minimum Gasteiger partial charge on any atom is -0.381 e. The first-order valence-electron chi connectivity index (χ1n) is 11.5. The van der Waals surface area contributed by atoms with Crippen molar-refractivity contribution >= 4 is 10.9 Å². The van der Waals surface area contributed by atoms with E-state index in [0.717, 1.165) is 70.2 Å². The molecular weight excluding hydrogens is 392 g/mol. The van der Waals surface area contributed by atoms with Gasteiger partial charge in [-0.25, -0.2) is 0 Å². The van der Waals surface area contributed by atoms with Crippen LogP contribution in [0.4, 0.5) is 0 Å². The number of benzene rings is 1. The van der Waals surface area contributed by atoms with Gasteiger partial charge in [-0.15, -0.1) is 0 Å². The van der Waals surface area contributed by atoms with Gasteiger partial charge in [-0.3, -0.25) is 4.90 Å². The molecule has 7 nitrogen and oxygen atoms in total. The van der Waals surface area contributed by atoms with E-state index in [-0.39, 0.29) is 0 Å². The van der Waals surface area contributed by atoms with Gasteiger partial charge >= 0.3 is 0 Å². The maximum Gasteiger partial charge on any atom is 0.229 e. The third kappa shape index (κ3) is 4.84. The molecule has 3 aromatic rings. The number of aromatic nitrogens is 3. The molecule has 0 aliphatic carbocycles. The fraction of sp³-hybridized carbons (Fsp3) is 0.583. The lowest BCUT2D eigenvalue weighted by Gasteiger charge is -2.31. The molecule has 7 heteroatoms. The number of ether oxygens (including phenoxy) is 2. The van der Waals surface area contributed by atoms with Crippen LogP contribution in [-0.2, 0) is 29.5 Å². The van der Waals surface area contributed by atoms with E-state index in [1.54, 1.807) is 0 Å². The van der Waals surface area contributed by atoms with E-state index in [9.17, 15) is 0 Å². The van der Waals surface area contributed by atoms with Gasteiger partial charge in [-0.1, -0.05) is 23.4 Å². The average molecular weight is 425 g/mol. The first-order valence-corrected chi connectivity index (χ1v) is 11.5. The minimum atomic E-state index is 0.325. The smallest absolute Gasteiger partial charge is 0.229 e. The van der Waals surface area contributed by atoms with Crippen molar-refractivity contribution < 1.29 is 14.0 Å². The van der Waals surface area contributed by atoms with E-state index in [0.29, 0.717) is 25.0 Å². The van der Waals surface area contributed by atoms with E-state index < -0.39 is 0 Å². The third-order valence-electron chi connectivity index (χ3n) is 6.64. The SMILES string of the molecule is Cn1cc(CN2CCC(OCCc3noc(C4CCOCC4)n3)CC2)c2ccccc21. The Balaban J connectivity index is 1.06. The second-order valence-corrected chi connectivity index (χ2v) is 8.81. The van der Waals surface area contributed by atoms with Crippen LogP contribution >= 0.6 is 0 Å². The number of para-hydroxylation sites is 1. The normalized spacial score (nSPS) is 19.4. The summed E-state index contributed by atoms with van der Waals surface area (Å²) >= 11 is 0. The number of hydrogen-bond acceptors (Lipinski definition) is 6. The van der Waals surface area contributed by atoms with Crippen LogP contribution in [0, 0.1) is 0 Å². The lowest BCUT2D eigenvalue weighted by molar-refractivity contribution is 0.00683. The highest BCUT2D eigenvalue weighted by molar-refractivity contribution is 5.83. The van der Waals surface area contributed by atoms with Crippen molar-refractivity contribution in [3.8, 4) is 0 Å². The Morgan fingerprint density at radius 3 is 2.74 bits per heavy atom. The molecular formula is C24H32N4O3. The molecule has 2 aromatic heterocycles. The second kappa shape index (κ2) is 9.51. The first-order chi connectivity index (χ1) is 15.3. The average Bonchev–Trinajstić information content (AvgIpc) is 3.41. The number of hydrogen-bond donors (Lipinski definition) is 0. The predicted octanol–water partition coefficient (Wildman–Crippen LogP) is 3.68. The van der Waals surface area contributed by atoms with Crippen molar-refractivity contribution in [1.29, 1.82) is 0 Å². The van der Waals surface area contributed by atoms with Crippen LogP contribution in [0.25, 0.3) is 10.9 Å². The zero-order chi connectivity index (χ0) is 21.0. The first kappa shape index (κ1) is 20.7. The molecule has 0 bridgehead atoms. The highest BCUT2D eigenvalue weighted by Crippen LogP contribution is 2.26. The van der Waals surface area contributed by atoms with Crippen LogP contribution in [0.5, 0.6) is 0 Å². The number of nitrogens with zero attached hydrogens (tertiary/aromatic N) is 4. The summed E-state index contributed by atoms with van der Waals surface area (Å²) in [5.74, 6) is 1.87. The van der Waals surface area contributed by atoms with E-state index in [1.165, 1.54) is 16.5 Å². The van der Waals surface area contributed by atoms with E-state index in [2.05, 4.69) is 57.1 Å².